The van der Waals surface area contributed by atoms with Gasteiger partial charge in [-0.25, -0.2) is 4.39 Å². The molecule has 0 radical (unpaired) electrons. The van der Waals surface area contributed by atoms with Crippen LogP contribution in [0.15, 0.2) is 24.3 Å². The van der Waals surface area contributed by atoms with Crippen molar-refractivity contribution in [1.82, 2.24) is 5.32 Å². The third-order valence-corrected chi connectivity index (χ3v) is 3.89. The summed E-state index contributed by atoms with van der Waals surface area (Å²) < 4.78 is 13.7. The van der Waals surface area contributed by atoms with Crippen molar-refractivity contribution in [1.29, 1.82) is 0 Å². The molecule has 3 N–H and O–H groups in total. The van der Waals surface area contributed by atoms with Crippen LogP contribution in [-0.2, 0) is 9.59 Å². The molecule has 1 heterocycles. The zero-order valence-electron chi connectivity index (χ0n) is 10.9. The minimum absolute atomic E-state index is 0.253. The van der Waals surface area contributed by atoms with E-state index in [4.69, 9.17) is 5.73 Å². The zero-order valence-corrected chi connectivity index (χ0v) is 10.9. The van der Waals surface area contributed by atoms with Crippen molar-refractivity contribution in [3.8, 4) is 0 Å². The number of hydrogen-bond donors (Lipinski definition) is 2. The molecule has 106 valence electrons. The lowest BCUT2D eigenvalue weighted by Crippen LogP contribution is -2.49. The van der Waals surface area contributed by atoms with Gasteiger partial charge in [0.15, 0.2) is 0 Å². The highest BCUT2D eigenvalue weighted by Crippen LogP contribution is 2.33. The van der Waals surface area contributed by atoms with Gasteiger partial charge in [-0.3, -0.25) is 9.59 Å². The van der Waals surface area contributed by atoms with Gasteiger partial charge in [0.25, 0.3) is 0 Å². The van der Waals surface area contributed by atoms with E-state index < -0.39 is 17.4 Å². The van der Waals surface area contributed by atoms with Gasteiger partial charge in [-0.05, 0) is 31.4 Å². The highest BCUT2D eigenvalue weighted by Gasteiger charge is 2.48. The molecule has 1 aliphatic heterocycles. The van der Waals surface area contributed by atoms with Crippen LogP contribution in [0.2, 0.25) is 0 Å². The van der Waals surface area contributed by atoms with E-state index in [1.165, 1.54) is 11.0 Å². The summed E-state index contributed by atoms with van der Waals surface area (Å²) in [6.45, 7) is 0.391. The predicted molar refractivity (Wildman–Crippen MR) is 71.5 cm³/mol. The number of nitrogens with zero attached hydrogens (tertiary/aromatic N) is 1. The van der Waals surface area contributed by atoms with Crippen molar-refractivity contribution in [2.75, 3.05) is 11.4 Å². The second-order valence-electron chi connectivity index (χ2n) is 5.41. The van der Waals surface area contributed by atoms with Crippen molar-refractivity contribution in [2.24, 2.45) is 5.73 Å². The van der Waals surface area contributed by atoms with Crippen LogP contribution in [0.5, 0.6) is 0 Å². The Bertz CT molecular complexity index is 571. The molecular formula is C14H16FN3O2. The largest absolute Gasteiger partial charge is 0.343 e. The van der Waals surface area contributed by atoms with E-state index in [1.54, 1.807) is 18.2 Å². The van der Waals surface area contributed by atoms with Crippen molar-refractivity contribution >= 4 is 17.5 Å². The molecule has 0 aromatic heterocycles. The lowest BCUT2D eigenvalue weighted by atomic mass is 10.2. The Morgan fingerprint density at radius 1 is 1.40 bits per heavy atom. The summed E-state index contributed by atoms with van der Waals surface area (Å²) in [5.41, 5.74) is 5.24. The molecule has 1 aromatic carbocycles. The van der Waals surface area contributed by atoms with Crippen LogP contribution in [0.4, 0.5) is 10.1 Å². The standard InChI is InChI=1S/C14H16FN3O2/c15-9-3-1-2-4-11(9)18-8-5-10(12(18)19)17-13(20)14(16)6-7-14/h1-4,10H,5-8,16H2,(H,17,20). The number of rotatable bonds is 3. The average Bonchev–Trinajstić information content (AvgIpc) is 3.09. The number of carbonyl (C=O) groups excluding carboxylic acids is 2. The zero-order chi connectivity index (χ0) is 14.3. The fraction of sp³-hybridized carbons (Fsp3) is 0.429. The molecule has 1 atom stereocenters. The number of hydrogen-bond acceptors (Lipinski definition) is 3. The van der Waals surface area contributed by atoms with E-state index in [2.05, 4.69) is 5.32 Å². The van der Waals surface area contributed by atoms with E-state index >= 15 is 0 Å². The molecular weight excluding hydrogens is 261 g/mol. The van der Waals surface area contributed by atoms with Gasteiger partial charge in [-0.2, -0.15) is 0 Å². The first-order valence-electron chi connectivity index (χ1n) is 6.67. The van der Waals surface area contributed by atoms with Crippen molar-refractivity contribution in [3.05, 3.63) is 30.1 Å². The third-order valence-electron chi connectivity index (χ3n) is 3.89. The fourth-order valence-electron chi connectivity index (χ4n) is 2.39. The molecule has 5 nitrogen and oxygen atoms in total. The van der Waals surface area contributed by atoms with Crippen LogP contribution in [0.3, 0.4) is 0 Å². The molecule has 1 saturated heterocycles. The number of anilines is 1. The van der Waals surface area contributed by atoms with Gasteiger partial charge in [0.2, 0.25) is 11.8 Å². The molecule has 0 spiro atoms. The number of amides is 2. The monoisotopic (exact) mass is 277 g/mol. The number of benzene rings is 1. The molecule has 3 rings (SSSR count). The molecule has 20 heavy (non-hydrogen) atoms. The molecule has 1 saturated carbocycles. The summed E-state index contributed by atoms with van der Waals surface area (Å²) in [4.78, 5) is 25.5. The normalized spacial score (nSPS) is 23.8. The van der Waals surface area contributed by atoms with Crippen LogP contribution < -0.4 is 16.0 Å². The Morgan fingerprint density at radius 2 is 2.10 bits per heavy atom. The van der Waals surface area contributed by atoms with Crippen molar-refractivity contribution in [2.45, 2.75) is 30.8 Å². The lowest BCUT2D eigenvalue weighted by molar-refractivity contribution is -0.127. The highest BCUT2D eigenvalue weighted by atomic mass is 19.1. The third kappa shape index (κ3) is 2.16. The first kappa shape index (κ1) is 13.1. The van der Waals surface area contributed by atoms with Crippen LogP contribution in [0.1, 0.15) is 19.3 Å². The smallest absolute Gasteiger partial charge is 0.249 e. The topological polar surface area (TPSA) is 75.4 Å². The summed E-state index contributed by atoms with van der Waals surface area (Å²) in [6, 6.07) is 5.51. The maximum absolute atomic E-state index is 13.7. The minimum Gasteiger partial charge on any atom is -0.343 e. The summed E-state index contributed by atoms with van der Waals surface area (Å²) in [5.74, 6) is -1.01. The number of halogens is 1. The van der Waals surface area contributed by atoms with E-state index in [0.29, 0.717) is 25.8 Å². The minimum atomic E-state index is -0.800. The van der Waals surface area contributed by atoms with Crippen molar-refractivity contribution < 1.29 is 14.0 Å². The predicted octanol–water partition coefficient (Wildman–Crippen LogP) is 0.538. The Hall–Kier alpha value is -1.95. The summed E-state index contributed by atoms with van der Waals surface area (Å²) in [7, 11) is 0. The first-order valence-corrected chi connectivity index (χ1v) is 6.67. The van der Waals surface area contributed by atoms with Crippen LogP contribution in [-0.4, -0.2) is 29.9 Å². The van der Waals surface area contributed by atoms with Gasteiger partial charge in [0, 0.05) is 6.54 Å². The van der Waals surface area contributed by atoms with Crippen LogP contribution in [0, 0.1) is 5.82 Å². The molecule has 0 bridgehead atoms. The lowest BCUT2D eigenvalue weighted by Gasteiger charge is -2.18. The van der Waals surface area contributed by atoms with E-state index in [0.717, 1.165) is 0 Å². The average molecular weight is 277 g/mol. The maximum Gasteiger partial charge on any atom is 0.249 e. The van der Waals surface area contributed by atoms with Gasteiger partial charge in [-0.1, -0.05) is 12.1 Å². The number of para-hydroxylation sites is 1. The Balaban J connectivity index is 1.71. The van der Waals surface area contributed by atoms with Gasteiger partial charge < -0.3 is 16.0 Å². The van der Waals surface area contributed by atoms with E-state index in [-0.39, 0.29) is 17.5 Å². The van der Waals surface area contributed by atoms with Crippen molar-refractivity contribution in [3.63, 3.8) is 0 Å². The molecule has 1 aliphatic carbocycles. The Kier molecular flexibility index (Phi) is 2.97. The van der Waals surface area contributed by atoms with Gasteiger partial charge in [0.05, 0.1) is 11.2 Å². The summed E-state index contributed by atoms with van der Waals surface area (Å²) in [5, 5.41) is 2.67. The summed E-state index contributed by atoms with van der Waals surface area (Å²) >= 11 is 0. The SMILES string of the molecule is NC1(C(=O)NC2CCN(c3ccccc3F)C2=O)CC1. The van der Waals surface area contributed by atoms with Gasteiger partial charge in [-0.15, -0.1) is 0 Å². The quantitative estimate of drug-likeness (QED) is 0.846. The number of nitrogens with one attached hydrogen (secondary N) is 1. The molecule has 2 amide bonds. The molecule has 1 aromatic rings. The highest BCUT2D eigenvalue weighted by molar-refractivity contribution is 6.02. The van der Waals surface area contributed by atoms with Crippen LogP contribution >= 0.6 is 0 Å². The molecule has 1 unspecified atom stereocenters. The Labute approximate surface area is 115 Å². The second-order valence-corrected chi connectivity index (χ2v) is 5.41. The number of nitrogens with two attached hydrogens (primary N) is 1. The Morgan fingerprint density at radius 3 is 2.75 bits per heavy atom. The van der Waals surface area contributed by atoms with E-state index in [9.17, 15) is 14.0 Å². The summed E-state index contributed by atoms with van der Waals surface area (Å²) in [6.07, 6.45) is 1.77. The van der Waals surface area contributed by atoms with E-state index in [1.807, 2.05) is 0 Å². The molecule has 2 aliphatic rings. The van der Waals surface area contributed by atoms with Gasteiger partial charge in [0.1, 0.15) is 11.9 Å². The number of carbonyl (C=O) groups is 2. The van der Waals surface area contributed by atoms with Crippen LogP contribution in [0.25, 0.3) is 0 Å². The second kappa shape index (κ2) is 4.56. The maximum atomic E-state index is 13.7. The molecule has 2 fully saturated rings. The van der Waals surface area contributed by atoms with Gasteiger partial charge >= 0.3 is 0 Å². The fourth-order valence-corrected chi connectivity index (χ4v) is 2.39. The first-order chi connectivity index (χ1) is 9.51. The molecule has 6 heteroatoms.